The molecule has 2 aromatic carbocycles. The lowest BCUT2D eigenvalue weighted by Gasteiger charge is -2.22. The number of rotatable bonds is 6. The van der Waals surface area contributed by atoms with Crippen LogP contribution in [-0.4, -0.2) is 52.1 Å². The van der Waals surface area contributed by atoms with Crippen LogP contribution in [0.1, 0.15) is 51.1 Å². The Morgan fingerprint density at radius 1 is 1.05 bits per heavy atom. The molecule has 0 radical (unpaired) electrons. The maximum Gasteiger partial charge on any atom is 0.200 e. The predicted molar refractivity (Wildman–Crippen MR) is 144 cm³/mol. The number of aromatic nitrogens is 2. The number of nitrogens with one attached hydrogen (secondary N) is 1. The molecule has 0 saturated heterocycles. The molecule has 0 amide bonds. The van der Waals surface area contributed by atoms with Crippen LogP contribution in [0.4, 0.5) is 10.2 Å². The normalized spacial score (nSPS) is 17.4. The average Bonchev–Trinajstić information content (AvgIpc) is 3.32. The second-order valence-corrected chi connectivity index (χ2v) is 10.4. The Kier molecular flexibility index (Phi) is 6.49. The lowest BCUT2D eigenvalue weighted by atomic mass is 9.89. The molecule has 194 valence electrons. The Hall–Kier alpha value is -3.91. The van der Waals surface area contributed by atoms with Gasteiger partial charge in [-0.3, -0.25) is 24.2 Å². The Morgan fingerprint density at radius 3 is 2.76 bits per heavy atom. The number of hydrogen-bond donors (Lipinski definition) is 1. The zero-order chi connectivity index (χ0) is 26.2. The molecular weight excluding hydrogens is 481 g/mol. The standard InChI is InChI=1S/C30H30FN5O2/c1-35-10-11-36-24(18-35)15-30(34-36)33-27-16-26(32-17-29(27)38)21-8-9-25(31)23(13-21)14-28(37)22-7-6-19-4-2-3-5-20(19)12-22/h6-9,12-13,15-16H,2-5,10-11,14,17-18H2,1H3,(H,33,34). The maximum atomic E-state index is 14.8. The van der Waals surface area contributed by atoms with E-state index in [1.54, 1.807) is 18.2 Å². The number of anilines is 1. The van der Waals surface area contributed by atoms with Gasteiger partial charge in [-0.25, -0.2) is 4.39 Å². The van der Waals surface area contributed by atoms with Crippen molar-refractivity contribution in [3.63, 3.8) is 0 Å². The second-order valence-electron chi connectivity index (χ2n) is 10.4. The number of aliphatic imine (C=N–C) groups is 1. The van der Waals surface area contributed by atoms with Gasteiger partial charge in [-0.15, -0.1) is 0 Å². The van der Waals surface area contributed by atoms with E-state index in [2.05, 4.69) is 27.4 Å². The van der Waals surface area contributed by atoms with E-state index in [9.17, 15) is 14.0 Å². The van der Waals surface area contributed by atoms with Gasteiger partial charge in [0.2, 0.25) is 0 Å². The van der Waals surface area contributed by atoms with Crippen LogP contribution in [0.2, 0.25) is 0 Å². The van der Waals surface area contributed by atoms with E-state index >= 15 is 0 Å². The smallest absolute Gasteiger partial charge is 0.200 e. The number of aryl methyl sites for hydroxylation is 2. The molecule has 0 fully saturated rings. The van der Waals surface area contributed by atoms with Crippen molar-refractivity contribution < 1.29 is 14.0 Å². The predicted octanol–water partition coefficient (Wildman–Crippen LogP) is 4.14. The highest BCUT2D eigenvalue weighted by Gasteiger charge is 2.21. The van der Waals surface area contributed by atoms with E-state index in [0.717, 1.165) is 44.6 Å². The Balaban J connectivity index is 1.21. The van der Waals surface area contributed by atoms with Gasteiger partial charge in [-0.2, -0.15) is 5.10 Å². The number of Topliss-reactive ketones (excluding diaryl/α,β-unsaturated/α-hetero) is 2. The summed E-state index contributed by atoms with van der Waals surface area (Å²) in [4.78, 5) is 32.3. The largest absolute Gasteiger partial charge is 0.336 e. The van der Waals surface area contributed by atoms with Crippen molar-refractivity contribution in [1.82, 2.24) is 14.7 Å². The van der Waals surface area contributed by atoms with Crippen LogP contribution in [0, 0.1) is 5.82 Å². The van der Waals surface area contributed by atoms with Crippen molar-refractivity contribution in [2.24, 2.45) is 4.99 Å². The molecule has 0 bridgehead atoms. The van der Waals surface area contributed by atoms with Gasteiger partial charge in [0, 0.05) is 36.7 Å². The molecule has 0 unspecified atom stereocenters. The highest BCUT2D eigenvalue weighted by Crippen LogP contribution is 2.24. The molecular formula is C30H30FN5O2. The van der Waals surface area contributed by atoms with Crippen molar-refractivity contribution >= 4 is 23.1 Å². The van der Waals surface area contributed by atoms with Crippen LogP contribution in [0.15, 0.2) is 59.2 Å². The van der Waals surface area contributed by atoms with Gasteiger partial charge in [-0.05, 0) is 79.8 Å². The molecule has 0 spiro atoms. The molecule has 6 rings (SSSR count). The summed E-state index contributed by atoms with van der Waals surface area (Å²) in [7, 11) is 2.07. The first-order valence-corrected chi connectivity index (χ1v) is 13.2. The van der Waals surface area contributed by atoms with E-state index in [1.807, 2.05) is 28.9 Å². The van der Waals surface area contributed by atoms with Crippen molar-refractivity contribution in [1.29, 1.82) is 0 Å². The Labute approximate surface area is 221 Å². The molecule has 7 nitrogen and oxygen atoms in total. The first kappa shape index (κ1) is 24.4. The van der Waals surface area contributed by atoms with Gasteiger partial charge in [0.15, 0.2) is 17.4 Å². The summed E-state index contributed by atoms with van der Waals surface area (Å²) in [5, 5.41) is 7.74. The van der Waals surface area contributed by atoms with E-state index in [0.29, 0.717) is 33.9 Å². The third-order valence-corrected chi connectivity index (χ3v) is 7.59. The zero-order valence-electron chi connectivity index (χ0n) is 21.5. The number of hydrogen-bond acceptors (Lipinski definition) is 6. The number of fused-ring (bicyclic) bond motifs is 2. The highest BCUT2D eigenvalue weighted by atomic mass is 19.1. The van der Waals surface area contributed by atoms with Crippen molar-refractivity contribution in [2.75, 3.05) is 25.5 Å². The van der Waals surface area contributed by atoms with Crippen molar-refractivity contribution in [3.8, 4) is 0 Å². The van der Waals surface area contributed by atoms with Crippen LogP contribution in [0.3, 0.4) is 0 Å². The fraction of sp³-hybridized carbons (Fsp3) is 0.333. The third-order valence-electron chi connectivity index (χ3n) is 7.59. The highest BCUT2D eigenvalue weighted by molar-refractivity contribution is 6.17. The molecule has 38 heavy (non-hydrogen) atoms. The lowest BCUT2D eigenvalue weighted by Crippen LogP contribution is -2.30. The summed E-state index contributed by atoms with van der Waals surface area (Å²) in [6.07, 6.45) is 6.00. The van der Waals surface area contributed by atoms with Gasteiger partial charge in [0.1, 0.15) is 12.4 Å². The fourth-order valence-corrected chi connectivity index (χ4v) is 5.43. The monoisotopic (exact) mass is 511 g/mol. The summed E-state index contributed by atoms with van der Waals surface area (Å²) in [5.41, 5.74) is 6.20. The zero-order valence-corrected chi connectivity index (χ0v) is 21.5. The molecule has 1 aromatic heterocycles. The third kappa shape index (κ3) is 4.96. The Bertz CT molecular complexity index is 1500. The molecule has 3 aromatic rings. The van der Waals surface area contributed by atoms with E-state index in [1.165, 1.54) is 23.6 Å². The van der Waals surface area contributed by atoms with Gasteiger partial charge in [0.25, 0.3) is 0 Å². The molecule has 1 aliphatic carbocycles. The molecule has 2 aliphatic heterocycles. The SMILES string of the molecule is CN1CCn2nc(NC3=CC(c4ccc(F)c(CC(=O)c5ccc6c(c5)CCCC6)c4)=NCC3=O)cc2C1. The molecule has 8 heteroatoms. The average molecular weight is 512 g/mol. The van der Waals surface area contributed by atoms with Gasteiger partial charge in [-0.1, -0.05) is 12.1 Å². The number of nitrogens with zero attached hydrogens (tertiary/aromatic N) is 4. The number of allylic oxidation sites excluding steroid dienone is 1. The van der Waals surface area contributed by atoms with Gasteiger partial charge >= 0.3 is 0 Å². The molecule has 0 atom stereocenters. The van der Waals surface area contributed by atoms with Crippen LogP contribution < -0.4 is 5.32 Å². The van der Waals surface area contributed by atoms with Crippen LogP contribution >= 0.6 is 0 Å². The van der Waals surface area contributed by atoms with Crippen LogP contribution in [0.5, 0.6) is 0 Å². The first-order valence-electron chi connectivity index (χ1n) is 13.2. The number of halogens is 1. The molecule has 0 saturated carbocycles. The number of carbonyl (C=O) groups is 2. The van der Waals surface area contributed by atoms with E-state index in [4.69, 9.17) is 0 Å². The number of carbonyl (C=O) groups excluding carboxylic acids is 2. The number of ketones is 2. The minimum atomic E-state index is -0.427. The lowest BCUT2D eigenvalue weighted by molar-refractivity contribution is -0.114. The molecule has 3 heterocycles. The second kappa shape index (κ2) is 10.1. The molecule has 3 aliphatic rings. The Morgan fingerprint density at radius 2 is 1.89 bits per heavy atom. The van der Waals surface area contributed by atoms with E-state index < -0.39 is 5.82 Å². The van der Waals surface area contributed by atoms with Crippen LogP contribution in [-0.2, 0) is 37.1 Å². The minimum Gasteiger partial charge on any atom is -0.336 e. The quantitative estimate of drug-likeness (QED) is 0.504. The summed E-state index contributed by atoms with van der Waals surface area (Å²) in [6.45, 7) is 2.52. The van der Waals surface area contributed by atoms with Gasteiger partial charge < -0.3 is 5.32 Å². The molecule has 1 N–H and O–H groups in total. The van der Waals surface area contributed by atoms with Gasteiger partial charge in [0.05, 0.1) is 23.6 Å². The summed E-state index contributed by atoms with van der Waals surface area (Å²) < 4.78 is 16.7. The minimum absolute atomic E-state index is 0.00869. The first-order chi connectivity index (χ1) is 18.4. The summed E-state index contributed by atoms with van der Waals surface area (Å²) in [6, 6.07) is 12.5. The van der Waals surface area contributed by atoms with E-state index in [-0.39, 0.29) is 24.5 Å². The van der Waals surface area contributed by atoms with Crippen molar-refractivity contribution in [2.45, 2.75) is 45.2 Å². The number of likely N-dealkylation sites (N-methyl/N-ethyl adjacent to an activating group) is 1. The summed E-state index contributed by atoms with van der Waals surface area (Å²) >= 11 is 0. The van der Waals surface area contributed by atoms with Crippen molar-refractivity contribution in [3.05, 3.63) is 93.6 Å². The number of dihydropyridines is 1. The number of benzene rings is 2. The maximum absolute atomic E-state index is 14.8. The van der Waals surface area contributed by atoms with Crippen LogP contribution in [0.25, 0.3) is 0 Å². The summed E-state index contributed by atoms with van der Waals surface area (Å²) in [5.74, 6) is -0.0562. The topological polar surface area (TPSA) is 79.6 Å². The fourth-order valence-electron chi connectivity index (χ4n) is 5.43.